The molecule has 28 heavy (non-hydrogen) atoms. The Kier molecular flexibility index (Phi) is 6.00. The van der Waals surface area contributed by atoms with Crippen molar-refractivity contribution in [2.45, 2.75) is 25.7 Å². The van der Waals surface area contributed by atoms with Crippen molar-refractivity contribution in [3.63, 3.8) is 0 Å². The highest BCUT2D eigenvalue weighted by atomic mass is 16.6. The Hall–Kier alpha value is -2.69. The molecule has 2 amide bonds. The maximum absolute atomic E-state index is 12.5. The van der Waals surface area contributed by atoms with Crippen molar-refractivity contribution in [1.29, 1.82) is 0 Å². The van der Waals surface area contributed by atoms with E-state index in [0.717, 1.165) is 55.8 Å². The first-order valence-corrected chi connectivity index (χ1v) is 10.2. The minimum absolute atomic E-state index is 0.0516. The molecular formula is C23H28N2O3. The van der Waals surface area contributed by atoms with Gasteiger partial charge in [-0.05, 0) is 54.9 Å². The maximum Gasteiger partial charge on any atom is 0.317 e. The first kappa shape index (κ1) is 18.7. The van der Waals surface area contributed by atoms with Crippen LogP contribution in [0.5, 0.6) is 11.5 Å². The number of ether oxygens (including phenoxy) is 2. The van der Waals surface area contributed by atoms with Crippen LogP contribution in [0.3, 0.4) is 0 Å². The van der Waals surface area contributed by atoms with Crippen molar-refractivity contribution in [2.24, 2.45) is 5.92 Å². The zero-order chi connectivity index (χ0) is 19.2. The molecule has 2 aromatic rings. The van der Waals surface area contributed by atoms with Gasteiger partial charge in [0, 0.05) is 19.6 Å². The number of fused-ring (bicyclic) bond motifs is 1. The highest BCUT2D eigenvalue weighted by Gasteiger charge is 2.22. The monoisotopic (exact) mass is 380 g/mol. The molecule has 0 spiro atoms. The summed E-state index contributed by atoms with van der Waals surface area (Å²) in [4.78, 5) is 14.4. The molecule has 0 aromatic heterocycles. The van der Waals surface area contributed by atoms with Gasteiger partial charge < -0.3 is 19.7 Å². The fraction of sp³-hybridized carbons (Fsp3) is 0.435. The van der Waals surface area contributed by atoms with Crippen LogP contribution in [0.4, 0.5) is 4.79 Å². The molecule has 5 nitrogen and oxygen atoms in total. The van der Waals surface area contributed by atoms with Gasteiger partial charge >= 0.3 is 6.03 Å². The van der Waals surface area contributed by atoms with Crippen molar-refractivity contribution in [3.8, 4) is 11.5 Å². The third-order valence-corrected chi connectivity index (χ3v) is 5.57. The molecule has 2 aliphatic heterocycles. The second kappa shape index (κ2) is 9.00. The minimum atomic E-state index is 0.0516. The van der Waals surface area contributed by atoms with E-state index in [1.54, 1.807) is 0 Å². The second-order valence-corrected chi connectivity index (χ2v) is 7.58. The lowest BCUT2D eigenvalue weighted by molar-refractivity contribution is 0.170. The molecule has 0 unspecified atom stereocenters. The molecule has 1 N–H and O–H groups in total. The van der Waals surface area contributed by atoms with E-state index in [2.05, 4.69) is 35.6 Å². The number of rotatable bonds is 5. The smallest absolute Gasteiger partial charge is 0.317 e. The van der Waals surface area contributed by atoms with E-state index in [-0.39, 0.29) is 6.03 Å². The number of carbonyl (C=O) groups excluding carboxylic acids is 1. The maximum atomic E-state index is 12.5. The van der Waals surface area contributed by atoms with E-state index in [1.165, 1.54) is 5.56 Å². The van der Waals surface area contributed by atoms with Crippen LogP contribution in [-0.4, -0.2) is 43.8 Å². The standard InChI is InChI=1S/C23H28N2O3/c26-23(24-11-8-19-6-7-21-22(17-19)28-15-14-27-21)25-12-9-20(10-13-25)16-18-4-2-1-3-5-18/h1-7,17,20H,8-16H2,(H,24,26). The van der Waals surface area contributed by atoms with Gasteiger partial charge in [0.15, 0.2) is 11.5 Å². The van der Waals surface area contributed by atoms with Gasteiger partial charge in [0.1, 0.15) is 13.2 Å². The summed E-state index contributed by atoms with van der Waals surface area (Å²) in [6.07, 6.45) is 4.04. The number of amides is 2. The molecule has 0 saturated carbocycles. The lowest BCUT2D eigenvalue weighted by Gasteiger charge is -2.32. The quantitative estimate of drug-likeness (QED) is 0.861. The van der Waals surface area contributed by atoms with Crippen molar-refractivity contribution in [2.75, 3.05) is 32.8 Å². The van der Waals surface area contributed by atoms with E-state index in [1.807, 2.05) is 23.1 Å². The first-order chi connectivity index (χ1) is 13.8. The lowest BCUT2D eigenvalue weighted by atomic mass is 9.90. The number of nitrogens with one attached hydrogen (secondary N) is 1. The Morgan fingerprint density at radius 3 is 2.50 bits per heavy atom. The van der Waals surface area contributed by atoms with Gasteiger partial charge in [-0.1, -0.05) is 36.4 Å². The average Bonchev–Trinajstić information content (AvgIpc) is 2.75. The molecule has 1 fully saturated rings. The van der Waals surface area contributed by atoms with E-state index < -0.39 is 0 Å². The van der Waals surface area contributed by atoms with E-state index in [4.69, 9.17) is 9.47 Å². The summed E-state index contributed by atoms with van der Waals surface area (Å²) in [6, 6.07) is 16.7. The van der Waals surface area contributed by atoms with E-state index in [9.17, 15) is 4.79 Å². The third-order valence-electron chi connectivity index (χ3n) is 5.57. The number of hydrogen-bond acceptors (Lipinski definition) is 3. The molecule has 0 aliphatic carbocycles. The highest BCUT2D eigenvalue weighted by Crippen LogP contribution is 2.30. The minimum Gasteiger partial charge on any atom is -0.486 e. The average molecular weight is 380 g/mol. The molecule has 0 radical (unpaired) electrons. The molecule has 4 rings (SSSR count). The normalized spacial score (nSPS) is 16.6. The van der Waals surface area contributed by atoms with Gasteiger partial charge in [-0.25, -0.2) is 4.79 Å². The van der Waals surface area contributed by atoms with Gasteiger partial charge in [0.25, 0.3) is 0 Å². The van der Waals surface area contributed by atoms with Crippen LogP contribution in [-0.2, 0) is 12.8 Å². The van der Waals surface area contributed by atoms with Crippen molar-refractivity contribution in [3.05, 3.63) is 59.7 Å². The number of hydrogen-bond donors (Lipinski definition) is 1. The van der Waals surface area contributed by atoms with Crippen LogP contribution in [0.1, 0.15) is 24.0 Å². The SMILES string of the molecule is O=C(NCCc1ccc2c(c1)OCCO2)N1CCC(Cc2ccccc2)CC1. The Morgan fingerprint density at radius 1 is 0.964 bits per heavy atom. The van der Waals surface area contributed by atoms with Crippen LogP contribution in [0.15, 0.2) is 48.5 Å². The first-order valence-electron chi connectivity index (χ1n) is 10.2. The Bertz CT molecular complexity index is 786. The molecule has 0 atom stereocenters. The number of benzene rings is 2. The summed E-state index contributed by atoms with van der Waals surface area (Å²) < 4.78 is 11.2. The Balaban J connectivity index is 1.19. The van der Waals surface area contributed by atoms with Gasteiger partial charge in [-0.15, -0.1) is 0 Å². The summed E-state index contributed by atoms with van der Waals surface area (Å²) in [5.74, 6) is 2.28. The number of carbonyl (C=O) groups is 1. The van der Waals surface area contributed by atoms with Crippen LogP contribution < -0.4 is 14.8 Å². The summed E-state index contributed by atoms with van der Waals surface area (Å²) in [6.45, 7) is 3.50. The van der Waals surface area contributed by atoms with Crippen LogP contribution >= 0.6 is 0 Å². The molecule has 5 heteroatoms. The number of urea groups is 1. The van der Waals surface area contributed by atoms with Gasteiger partial charge in [0.05, 0.1) is 0 Å². The van der Waals surface area contributed by atoms with Gasteiger partial charge in [-0.2, -0.15) is 0 Å². The number of likely N-dealkylation sites (tertiary alicyclic amines) is 1. The van der Waals surface area contributed by atoms with Gasteiger partial charge in [0.2, 0.25) is 0 Å². The predicted octanol–water partition coefficient (Wildman–Crippen LogP) is 3.66. The topological polar surface area (TPSA) is 50.8 Å². The summed E-state index contributed by atoms with van der Waals surface area (Å²) >= 11 is 0. The molecule has 1 saturated heterocycles. The molecule has 2 heterocycles. The zero-order valence-electron chi connectivity index (χ0n) is 16.2. The second-order valence-electron chi connectivity index (χ2n) is 7.58. The molecule has 2 aliphatic rings. The predicted molar refractivity (Wildman–Crippen MR) is 109 cm³/mol. The molecule has 2 aromatic carbocycles. The van der Waals surface area contributed by atoms with Crippen LogP contribution in [0.2, 0.25) is 0 Å². The summed E-state index contributed by atoms with van der Waals surface area (Å²) in [5.41, 5.74) is 2.54. The Morgan fingerprint density at radius 2 is 1.71 bits per heavy atom. The van der Waals surface area contributed by atoms with Crippen molar-refractivity contribution < 1.29 is 14.3 Å². The lowest BCUT2D eigenvalue weighted by Crippen LogP contribution is -2.45. The highest BCUT2D eigenvalue weighted by molar-refractivity contribution is 5.74. The molecular weight excluding hydrogens is 352 g/mol. The van der Waals surface area contributed by atoms with Crippen molar-refractivity contribution in [1.82, 2.24) is 10.2 Å². The summed E-state index contributed by atoms with van der Waals surface area (Å²) in [7, 11) is 0. The van der Waals surface area contributed by atoms with Gasteiger partial charge in [-0.3, -0.25) is 0 Å². The third kappa shape index (κ3) is 4.77. The van der Waals surface area contributed by atoms with E-state index in [0.29, 0.717) is 25.7 Å². The molecule has 0 bridgehead atoms. The molecule has 148 valence electrons. The Labute approximate surface area is 166 Å². The van der Waals surface area contributed by atoms with Crippen LogP contribution in [0, 0.1) is 5.92 Å². The largest absolute Gasteiger partial charge is 0.486 e. The van der Waals surface area contributed by atoms with E-state index >= 15 is 0 Å². The number of nitrogens with zero attached hydrogens (tertiary/aromatic N) is 1. The zero-order valence-corrected chi connectivity index (χ0v) is 16.2. The van der Waals surface area contributed by atoms with Crippen LogP contribution in [0.25, 0.3) is 0 Å². The fourth-order valence-electron chi connectivity index (χ4n) is 3.96. The fourth-order valence-corrected chi connectivity index (χ4v) is 3.96. The summed E-state index contributed by atoms with van der Waals surface area (Å²) in [5, 5.41) is 3.06. The number of piperidine rings is 1. The van der Waals surface area contributed by atoms with Crippen molar-refractivity contribution >= 4 is 6.03 Å².